The molecule has 0 amide bonds. The average molecular weight is 662 g/mol. The van der Waals surface area contributed by atoms with Crippen LogP contribution in [-0.4, -0.2) is 49.3 Å². The molecule has 9 nitrogen and oxygen atoms in total. The van der Waals surface area contributed by atoms with Crippen LogP contribution in [0.5, 0.6) is 0 Å². The van der Waals surface area contributed by atoms with E-state index in [1.165, 1.54) is 96.3 Å². The van der Waals surface area contributed by atoms with Crippen LogP contribution in [0.25, 0.3) is 0 Å². The lowest BCUT2D eigenvalue weighted by Crippen LogP contribution is -2.29. The minimum Gasteiger partial charge on any atom is -0.462 e. The van der Waals surface area contributed by atoms with Crippen molar-refractivity contribution in [3.8, 4) is 0 Å². The molecular formula is C35H68NO8P. The first kappa shape index (κ1) is 43.8. The van der Waals surface area contributed by atoms with Gasteiger partial charge in [-0.05, 0) is 25.7 Å². The number of nitrogens with two attached hydrogens (primary N) is 1. The molecule has 0 saturated heterocycles. The smallest absolute Gasteiger partial charge is 0.462 e. The van der Waals surface area contributed by atoms with E-state index in [2.05, 4.69) is 19.9 Å². The SMILES string of the molecule is CCCCCCCCCCCCC/C=C/CCC(=O)OC[C@@H](COP(=O)(O)OCCN)OC(=O)CCCCCCCCCCC. The number of unbranched alkanes of at least 4 members (excludes halogenated alkanes) is 19. The highest BCUT2D eigenvalue weighted by atomic mass is 31.2. The molecule has 0 aromatic carbocycles. The van der Waals surface area contributed by atoms with Gasteiger partial charge in [0, 0.05) is 19.4 Å². The van der Waals surface area contributed by atoms with Gasteiger partial charge in [0.2, 0.25) is 0 Å². The van der Waals surface area contributed by atoms with Crippen LogP contribution in [0, 0.1) is 0 Å². The van der Waals surface area contributed by atoms with Gasteiger partial charge in [0.1, 0.15) is 6.61 Å². The van der Waals surface area contributed by atoms with Crippen LogP contribution in [-0.2, 0) is 32.7 Å². The zero-order chi connectivity index (χ0) is 33.3. The highest BCUT2D eigenvalue weighted by molar-refractivity contribution is 7.47. The van der Waals surface area contributed by atoms with Gasteiger partial charge >= 0.3 is 19.8 Å². The minimum atomic E-state index is -4.37. The fourth-order valence-electron chi connectivity index (χ4n) is 4.94. The predicted molar refractivity (Wildman–Crippen MR) is 183 cm³/mol. The molecule has 2 atom stereocenters. The van der Waals surface area contributed by atoms with Gasteiger partial charge < -0.3 is 20.1 Å². The zero-order valence-corrected chi connectivity index (χ0v) is 29.8. The number of hydrogen-bond donors (Lipinski definition) is 2. The molecule has 0 aromatic heterocycles. The summed E-state index contributed by atoms with van der Waals surface area (Å²) in [6.07, 6.45) is 29.8. The van der Waals surface area contributed by atoms with Gasteiger partial charge in [-0.15, -0.1) is 0 Å². The maximum absolute atomic E-state index is 12.4. The summed E-state index contributed by atoms with van der Waals surface area (Å²) in [4.78, 5) is 34.5. The van der Waals surface area contributed by atoms with Crippen LogP contribution in [0.4, 0.5) is 0 Å². The number of carbonyl (C=O) groups excluding carboxylic acids is 2. The molecule has 0 rings (SSSR count). The van der Waals surface area contributed by atoms with Gasteiger partial charge in [-0.3, -0.25) is 18.6 Å². The van der Waals surface area contributed by atoms with Crippen molar-refractivity contribution in [1.82, 2.24) is 0 Å². The quantitative estimate of drug-likeness (QED) is 0.0299. The monoisotopic (exact) mass is 661 g/mol. The first-order chi connectivity index (χ1) is 21.8. The van der Waals surface area contributed by atoms with E-state index in [1.807, 2.05) is 6.08 Å². The Morgan fingerprint density at radius 3 is 1.67 bits per heavy atom. The number of phosphoric acid groups is 1. The summed E-state index contributed by atoms with van der Waals surface area (Å²) in [5.41, 5.74) is 5.31. The molecule has 3 N–H and O–H groups in total. The fourth-order valence-corrected chi connectivity index (χ4v) is 5.71. The van der Waals surface area contributed by atoms with E-state index in [0.29, 0.717) is 12.8 Å². The average Bonchev–Trinajstić information content (AvgIpc) is 3.02. The van der Waals surface area contributed by atoms with Crippen molar-refractivity contribution in [2.75, 3.05) is 26.4 Å². The lowest BCUT2D eigenvalue weighted by Gasteiger charge is -2.19. The maximum atomic E-state index is 12.4. The van der Waals surface area contributed by atoms with E-state index < -0.39 is 32.5 Å². The lowest BCUT2D eigenvalue weighted by molar-refractivity contribution is -0.161. The molecule has 0 bridgehead atoms. The van der Waals surface area contributed by atoms with Gasteiger partial charge in [-0.2, -0.15) is 0 Å². The van der Waals surface area contributed by atoms with Gasteiger partial charge in [0.25, 0.3) is 0 Å². The van der Waals surface area contributed by atoms with Gasteiger partial charge in [-0.25, -0.2) is 4.57 Å². The molecule has 10 heteroatoms. The number of phosphoric ester groups is 1. The molecule has 0 heterocycles. The first-order valence-electron chi connectivity index (χ1n) is 18.2. The minimum absolute atomic E-state index is 0.0520. The number of carbonyl (C=O) groups is 2. The highest BCUT2D eigenvalue weighted by Crippen LogP contribution is 2.43. The summed E-state index contributed by atoms with van der Waals surface area (Å²) < 4.78 is 32.5. The van der Waals surface area contributed by atoms with Crippen LogP contribution in [0.15, 0.2) is 12.2 Å². The van der Waals surface area contributed by atoms with E-state index in [-0.39, 0.29) is 32.6 Å². The summed E-state index contributed by atoms with van der Waals surface area (Å²) in [6.45, 7) is 3.66. The van der Waals surface area contributed by atoms with Gasteiger partial charge in [-0.1, -0.05) is 142 Å². The van der Waals surface area contributed by atoms with Crippen molar-refractivity contribution in [1.29, 1.82) is 0 Å². The summed E-state index contributed by atoms with van der Waals surface area (Å²) in [5.74, 6) is -0.885. The molecule has 1 unspecified atom stereocenters. The summed E-state index contributed by atoms with van der Waals surface area (Å²) in [6, 6.07) is 0. The van der Waals surface area contributed by atoms with E-state index in [9.17, 15) is 19.0 Å². The normalized spacial score (nSPS) is 13.6. The highest BCUT2D eigenvalue weighted by Gasteiger charge is 2.25. The topological polar surface area (TPSA) is 134 Å². The maximum Gasteiger partial charge on any atom is 0.472 e. The Hall–Kier alpha value is -1.25. The Kier molecular flexibility index (Phi) is 31.8. The summed E-state index contributed by atoms with van der Waals surface area (Å²) in [5, 5.41) is 0. The zero-order valence-electron chi connectivity index (χ0n) is 28.9. The molecule has 266 valence electrons. The van der Waals surface area contributed by atoms with Gasteiger partial charge in [0.05, 0.1) is 13.2 Å². The van der Waals surface area contributed by atoms with E-state index in [1.54, 1.807) is 0 Å². The van der Waals surface area contributed by atoms with Crippen LogP contribution in [0.2, 0.25) is 0 Å². The fraction of sp³-hybridized carbons (Fsp3) is 0.886. The Bertz CT molecular complexity index is 764. The van der Waals surface area contributed by atoms with Crippen molar-refractivity contribution in [2.24, 2.45) is 5.73 Å². The molecule has 0 aliphatic carbocycles. The summed E-state index contributed by atoms with van der Waals surface area (Å²) in [7, 11) is -4.37. The molecule has 0 aliphatic heterocycles. The number of ether oxygens (including phenoxy) is 2. The second kappa shape index (κ2) is 32.7. The van der Waals surface area contributed by atoms with Crippen LogP contribution in [0.3, 0.4) is 0 Å². The van der Waals surface area contributed by atoms with Crippen molar-refractivity contribution in [2.45, 2.75) is 174 Å². The third-order valence-corrected chi connectivity index (χ3v) is 8.65. The molecule has 0 aromatic rings. The van der Waals surface area contributed by atoms with Crippen molar-refractivity contribution >= 4 is 19.8 Å². The Labute approximate surface area is 275 Å². The van der Waals surface area contributed by atoms with E-state index in [4.69, 9.17) is 24.3 Å². The van der Waals surface area contributed by atoms with Crippen molar-refractivity contribution < 1.29 is 37.6 Å². The summed E-state index contributed by atoms with van der Waals surface area (Å²) >= 11 is 0. The van der Waals surface area contributed by atoms with E-state index in [0.717, 1.165) is 32.1 Å². The molecule has 0 aliphatic rings. The van der Waals surface area contributed by atoms with Gasteiger partial charge in [0.15, 0.2) is 6.10 Å². The first-order valence-corrected chi connectivity index (χ1v) is 19.7. The molecule has 0 radical (unpaired) electrons. The molecule has 0 fully saturated rings. The molecular weight excluding hydrogens is 593 g/mol. The lowest BCUT2D eigenvalue weighted by atomic mass is 10.1. The number of hydrogen-bond acceptors (Lipinski definition) is 8. The van der Waals surface area contributed by atoms with Crippen molar-refractivity contribution in [3.63, 3.8) is 0 Å². The Morgan fingerprint density at radius 1 is 0.644 bits per heavy atom. The third kappa shape index (κ3) is 32.5. The second-order valence-corrected chi connectivity index (χ2v) is 13.5. The standard InChI is InChI=1S/C35H68NO8P/c1-3-5-7-9-11-13-14-15-16-17-18-20-21-23-25-27-34(37)41-31-33(32-43-45(39,40)42-30-29-36)44-35(38)28-26-24-22-19-12-10-8-6-4-2/h21,23,33H,3-20,22,24-32,36H2,1-2H3,(H,39,40)/b23-21+/t33-/m0/s1. The Balaban J connectivity index is 4.24. The third-order valence-electron chi connectivity index (χ3n) is 7.66. The van der Waals surface area contributed by atoms with Crippen LogP contribution in [0.1, 0.15) is 168 Å². The molecule has 45 heavy (non-hydrogen) atoms. The largest absolute Gasteiger partial charge is 0.472 e. The molecule has 0 spiro atoms. The predicted octanol–water partition coefficient (Wildman–Crippen LogP) is 9.49. The Morgan fingerprint density at radius 2 is 1.13 bits per heavy atom. The van der Waals surface area contributed by atoms with Crippen LogP contribution < -0.4 is 5.73 Å². The number of esters is 2. The number of allylic oxidation sites excluding steroid dienone is 2. The number of rotatable bonds is 34. The van der Waals surface area contributed by atoms with Crippen molar-refractivity contribution in [3.05, 3.63) is 12.2 Å². The second-order valence-electron chi connectivity index (χ2n) is 12.1. The molecule has 0 saturated carbocycles. The van der Waals surface area contributed by atoms with E-state index >= 15 is 0 Å². The van der Waals surface area contributed by atoms with Crippen LogP contribution >= 0.6 is 7.82 Å².